The molecule has 118 valence electrons. The van der Waals surface area contributed by atoms with Gasteiger partial charge < -0.3 is 14.3 Å². The first kappa shape index (κ1) is 14.3. The number of hydrogen-bond donors (Lipinski definition) is 1. The molecule has 23 heavy (non-hydrogen) atoms. The molecule has 0 bridgehead atoms. The van der Waals surface area contributed by atoms with E-state index >= 15 is 0 Å². The zero-order chi connectivity index (χ0) is 16.0. The zero-order valence-corrected chi connectivity index (χ0v) is 13.4. The summed E-state index contributed by atoms with van der Waals surface area (Å²) in [7, 11) is 0. The van der Waals surface area contributed by atoms with Crippen LogP contribution >= 0.6 is 11.6 Å². The molecule has 0 saturated heterocycles. The fourth-order valence-corrected chi connectivity index (χ4v) is 3.37. The van der Waals surface area contributed by atoms with Crippen LogP contribution in [-0.2, 0) is 13.0 Å². The number of furan rings is 1. The smallest absolute Gasteiger partial charge is 0.287 e. The number of aromatic nitrogens is 2. The van der Waals surface area contributed by atoms with Gasteiger partial charge in [0.05, 0.1) is 5.02 Å². The van der Waals surface area contributed by atoms with Crippen LogP contribution in [0.5, 0.6) is 0 Å². The number of rotatable bonds is 2. The molecule has 2 aromatic heterocycles. The third kappa shape index (κ3) is 2.41. The number of carbonyl (C=O) groups excluding carboxylic acids is 1. The molecule has 4 rings (SSSR count). The second-order valence-corrected chi connectivity index (χ2v) is 6.28. The number of nitrogens with zero attached hydrogens (tertiary/aromatic N) is 2. The van der Waals surface area contributed by atoms with Crippen LogP contribution in [-0.4, -0.2) is 21.5 Å². The molecule has 3 aromatic rings. The van der Waals surface area contributed by atoms with Gasteiger partial charge in [0, 0.05) is 42.4 Å². The minimum absolute atomic E-state index is 0.0762. The van der Waals surface area contributed by atoms with Gasteiger partial charge in [0.2, 0.25) is 0 Å². The molecule has 5 nitrogen and oxygen atoms in total. The quantitative estimate of drug-likeness (QED) is 0.784. The van der Waals surface area contributed by atoms with E-state index in [1.807, 2.05) is 25.3 Å². The molecule has 1 aromatic carbocycles. The Morgan fingerprint density at radius 1 is 1.48 bits per heavy atom. The Morgan fingerprint density at radius 3 is 3.17 bits per heavy atom. The van der Waals surface area contributed by atoms with E-state index in [1.165, 1.54) is 0 Å². The van der Waals surface area contributed by atoms with E-state index in [0.717, 1.165) is 36.2 Å². The Labute approximate surface area is 138 Å². The van der Waals surface area contributed by atoms with Crippen molar-refractivity contribution in [2.24, 2.45) is 0 Å². The van der Waals surface area contributed by atoms with Crippen LogP contribution in [0.25, 0.3) is 11.0 Å². The van der Waals surface area contributed by atoms with Gasteiger partial charge in [0.25, 0.3) is 5.91 Å². The minimum Gasteiger partial charge on any atom is -0.449 e. The summed E-state index contributed by atoms with van der Waals surface area (Å²) in [6.07, 6.45) is 5.48. The maximum atomic E-state index is 12.6. The highest BCUT2D eigenvalue weighted by molar-refractivity contribution is 6.35. The predicted octanol–water partition coefficient (Wildman–Crippen LogP) is 3.34. The molecule has 1 atom stereocenters. The minimum atomic E-state index is -0.191. The van der Waals surface area contributed by atoms with Crippen molar-refractivity contribution in [2.45, 2.75) is 32.4 Å². The summed E-state index contributed by atoms with van der Waals surface area (Å²) in [5.41, 5.74) is 1.39. The van der Waals surface area contributed by atoms with Gasteiger partial charge in [0.15, 0.2) is 11.3 Å². The van der Waals surface area contributed by atoms with Crippen LogP contribution in [0.3, 0.4) is 0 Å². The van der Waals surface area contributed by atoms with Crippen molar-refractivity contribution in [3.8, 4) is 0 Å². The summed E-state index contributed by atoms with van der Waals surface area (Å²) in [5.74, 6) is 1.22. The molecule has 0 saturated carbocycles. The molecule has 0 spiro atoms. The summed E-state index contributed by atoms with van der Waals surface area (Å²) in [6, 6.07) is 5.61. The molecular weight excluding hydrogens is 314 g/mol. The lowest BCUT2D eigenvalue weighted by Gasteiger charge is -2.24. The van der Waals surface area contributed by atoms with Crippen LogP contribution in [0.1, 0.15) is 28.4 Å². The fraction of sp³-hybridized carbons (Fsp3) is 0.294. The Kier molecular flexibility index (Phi) is 3.38. The summed E-state index contributed by atoms with van der Waals surface area (Å²) in [4.78, 5) is 16.9. The molecule has 3 heterocycles. The summed E-state index contributed by atoms with van der Waals surface area (Å²) in [6.45, 7) is 2.62. The largest absolute Gasteiger partial charge is 0.449 e. The Hall–Kier alpha value is -2.27. The van der Waals surface area contributed by atoms with Gasteiger partial charge in [0.1, 0.15) is 5.82 Å². The van der Waals surface area contributed by atoms with E-state index in [-0.39, 0.29) is 11.9 Å². The first-order valence-electron chi connectivity index (χ1n) is 7.62. The number of nitrogens with one attached hydrogen (secondary N) is 1. The zero-order valence-electron chi connectivity index (χ0n) is 12.7. The van der Waals surface area contributed by atoms with E-state index in [1.54, 1.807) is 12.3 Å². The molecule has 1 aliphatic rings. The number of fused-ring (bicyclic) bond motifs is 2. The topological polar surface area (TPSA) is 60.1 Å². The predicted molar refractivity (Wildman–Crippen MR) is 87.8 cm³/mol. The summed E-state index contributed by atoms with van der Waals surface area (Å²) in [5, 5.41) is 4.46. The van der Waals surface area contributed by atoms with Gasteiger partial charge in [-0.25, -0.2) is 4.98 Å². The maximum absolute atomic E-state index is 12.6. The molecule has 6 heteroatoms. The lowest BCUT2D eigenvalue weighted by atomic mass is 10.1. The summed E-state index contributed by atoms with van der Waals surface area (Å²) >= 11 is 6.15. The average Bonchev–Trinajstić information content (AvgIpc) is 3.13. The van der Waals surface area contributed by atoms with Crippen molar-refractivity contribution in [3.63, 3.8) is 0 Å². The SMILES string of the molecule is Cc1c(C(=O)NC2CCc3nccn3C2)oc2c(Cl)cccc12. The molecule has 0 fully saturated rings. The Balaban J connectivity index is 1.58. The highest BCUT2D eigenvalue weighted by atomic mass is 35.5. The van der Waals surface area contributed by atoms with Crippen molar-refractivity contribution in [1.29, 1.82) is 0 Å². The van der Waals surface area contributed by atoms with Crippen molar-refractivity contribution < 1.29 is 9.21 Å². The second-order valence-electron chi connectivity index (χ2n) is 5.88. The molecule has 1 N–H and O–H groups in total. The van der Waals surface area contributed by atoms with E-state index in [2.05, 4.69) is 14.9 Å². The third-order valence-electron chi connectivity index (χ3n) is 4.39. The Bertz CT molecular complexity index is 897. The van der Waals surface area contributed by atoms with E-state index in [4.69, 9.17) is 16.0 Å². The molecule has 1 amide bonds. The van der Waals surface area contributed by atoms with Crippen molar-refractivity contribution >= 4 is 28.5 Å². The van der Waals surface area contributed by atoms with Crippen LogP contribution < -0.4 is 5.32 Å². The van der Waals surface area contributed by atoms with E-state index in [9.17, 15) is 4.79 Å². The molecule has 1 unspecified atom stereocenters. The monoisotopic (exact) mass is 329 g/mol. The molecule has 1 aliphatic heterocycles. The van der Waals surface area contributed by atoms with E-state index < -0.39 is 0 Å². The standard InChI is InChI=1S/C17H16ClN3O2/c1-10-12-3-2-4-13(18)16(12)23-15(10)17(22)20-11-5-6-14-19-7-8-21(14)9-11/h2-4,7-8,11H,5-6,9H2,1H3,(H,20,22). The Morgan fingerprint density at radius 2 is 2.35 bits per heavy atom. The number of para-hydroxylation sites is 1. The van der Waals surface area contributed by atoms with E-state index in [0.29, 0.717) is 16.4 Å². The number of benzene rings is 1. The number of halogens is 1. The van der Waals surface area contributed by atoms with Crippen molar-refractivity contribution in [2.75, 3.05) is 0 Å². The van der Waals surface area contributed by atoms with Gasteiger partial charge >= 0.3 is 0 Å². The fourth-order valence-electron chi connectivity index (χ4n) is 3.16. The maximum Gasteiger partial charge on any atom is 0.287 e. The lowest BCUT2D eigenvalue weighted by Crippen LogP contribution is -2.40. The summed E-state index contributed by atoms with van der Waals surface area (Å²) < 4.78 is 7.80. The average molecular weight is 330 g/mol. The van der Waals surface area contributed by atoms with Crippen molar-refractivity contribution in [1.82, 2.24) is 14.9 Å². The first-order valence-corrected chi connectivity index (χ1v) is 8.00. The van der Waals surface area contributed by atoms with Crippen LogP contribution in [0.15, 0.2) is 35.0 Å². The highest BCUT2D eigenvalue weighted by Crippen LogP contribution is 2.30. The molecule has 0 aliphatic carbocycles. The first-order chi connectivity index (χ1) is 11.1. The van der Waals surface area contributed by atoms with Gasteiger partial charge in [-0.2, -0.15) is 0 Å². The number of hydrogen-bond acceptors (Lipinski definition) is 3. The van der Waals surface area contributed by atoms with Crippen LogP contribution in [0.2, 0.25) is 5.02 Å². The van der Waals surface area contributed by atoms with Gasteiger partial charge in [-0.15, -0.1) is 0 Å². The van der Waals surface area contributed by atoms with Gasteiger partial charge in [-0.3, -0.25) is 4.79 Å². The third-order valence-corrected chi connectivity index (χ3v) is 4.69. The molecular formula is C17H16ClN3O2. The van der Waals surface area contributed by atoms with Gasteiger partial charge in [-0.1, -0.05) is 23.7 Å². The van der Waals surface area contributed by atoms with Gasteiger partial charge in [-0.05, 0) is 19.4 Å². The lowest BCUT2D eigenvalue weighted by molar-refractivity contribution is 0.0900. The molecule has 0 radical (unpaired) electrons. The number of carbonyl (C=O) groups is 1. The highest BCUT2D eigenvalue weighted by Gasteiger charge is 2.24. The van der Waals surface area contributed by atoms with Crippen LogP contribution in [0.4, 0.5) is 0 Å². The van der Waals surface area contributed by atoms with Crippen LogP contribution in [0, 0.1) is 6.92 Å². The second kappa shape index (κ2) is 5.42. The normalized spacial score (nSPS) is 17.2. The number of imidazole rings is 1. The number of amides is 1. The number of aryl methyl sites for hydroxylation is 2. The van der Waals surface area contributed by atoms with Crippen molar-refractivity contribution in [3.05, 3.63) is 52.8 Å².